The van der Waals surface area contributed by atoms with Crippen LogP contribution in [0.25, 0.3) is 0 Å². The summed E-state index contributed by atoms with van der Waals surface area (Å²) in [5.41, 5.74) is 5.28. The number of aryl methyl sites for hydroxylation is 1. The summed E-state index contributed by atoms with van der Waals surface area (Å²) in [5, 5.41) is 0.691. The Kier molecular flexibility index (Phi) is 4.52. The molecule has 3 aromatic carbocycles. The van der Waals surface area contributed by atoms with Gasteiger partial charge in [-0.15, -0.1) is 0 Å². The monoisotopic (exact) mass is 361 g/mol. The topological polar surface area (TPSA) is 20.3 Å². The molecule has 3 heteroatoms. The van der Waals surface area contributed by atoms with Crippen LogP contribution in [0.5, 0.6) is 0 Å². The zero-order chi connectivity index (χ0) is 18.1. The first-order valence-corrected chi connectivity index (χ1v) is 9.23. The zero-order valence-electron chi connectivity index (χ0n) is 14.7. The predicted octanol–water partition coefficient (Wildman–Crippen LogP) is 5.44. The molecule has 0 spiro atoms. The summed E-state index contributed by atoms with van der Waals surface area (Å²) < 4.78 is 0. The lowest BCUT2D eigenvalue weighted by molar-refractivity contribution is 0.0694. The lowest BCUT2D eigenvalue weighted by Gasteiger charge is -2.38. The number of benzene rings is 3. The Labute approximate surface area is 159 Å². The average molecular weight is 362 g/mol. The fourth-order valence-corrected chi connectivity index (χ4v) is 3.92. The molecule has 1 heterocycles. The van der Waals surface area contributed by atoms with Crippen molar-refractivity contribution in [2.75, 3.05) is 6.54 Å². The highest BCUT2D eigenvalue weighted by molar-refractivity contribution is 6.31. The largest absolute Gasteiger partial charge is 0.327 e. The number of nitrogens with zero attached hydrogens (tertiary/aromatic N) is 1. The Balaban J connectivity index is 1.82. The lowest BCUT2D eigenvalue weighted by atomic mass is 9.87. The molecule has 130 valence electrons. The number of hydrogen-bond acceptors (Lipinski definition) is 1. The first-order valence-electron chi connectivity index (χ1n) is 8.85. The molecule has 1 aliphatic heterocycles. The number of carbonyl (C=O) groups is 1. The van der Waals surface area contributed by atoms with Gasteiger partial charge in [-0.3, -0.25) is 4.79 Å². The molecular weight excluding hydrogens is 342 g/mol. The zero-order valence-corrected chi connectivity index (χ0v) is 15.4. The van der Waals surface area contributed by atoms with Gasteiger partial charge in [0.15, 0.2) is 0 Å². The van der Waals surface area contributed by atoms with E-state index in [0.717, 1.165) is 23.1 Å². The maximum Gasteiger partial charge on any atom is 0.254 e. The van der Waals surface area contributed by atoms with Crippen LogP contribution >= 0.6 is 11.6 Å². The van der Waals surface area contributed by atoms with Gasteiger partial charge in [-0.2, -0.15) is 0 Å². The van der Waals surface area contributed by atoms with Gasteiger partial charge in [-0.1, -0.05) is 71.8 Å². The van der Waals surface area contributed by atoms with Gasteiger partial charge in [0.1, 0.15) is 0 Å². The quantitative estimate of drug-likeness (QED) is 0.595. The van der Waals surface area contributed by atoms with Gasteiger partial charge < -0.3 is 4.90 Å². The summed E-state index contributed by atoms with van der Waals surface area (Å²) in [6, 6.07) is 23.8. The molecule has 0 bridgehead atoms. The molecular formula is C23H20ClNO. The van der Waals surface area contributed by atoms with Gasteiger partial charge in [-0.05, 0) is 48.2 Å². The number of fused-ring (bicyclic) bond motifs is 1. The molecule has 26 heavy (non-hydrogen) atoms. The molecule has 1 amide bonds. The second kappa shape index (κ2) is 6.97. The van der Waals surface area contributed by atoms with Crippen molar-refractivity contribution in [2.45, 2.75) is 19.4 Å². The summed E-state index contributed by atoms with van der Waals surface area (Å²) in [6.45, 7) is 2.71. The van der Waals surface area contributed by atoms with E-state index in [0.29, 0.717) is 17.1 Å². The summed E-state index contributed by atoms with van der Waals surface area (Å²) in [7, 11) is 0. The maximum absolute atomic E-state index is 13.3. The van der Waals surface area contributed by atoms with E-state index in [1.807, 2.05) is 66.4 Å². The van der Waals surface area contributed by atoms with E-state index in [1.165, 1.54) is 5.56 Å². The normalized spacial score (nSPS) is 16.2. The van der Waals surface area contributed by atoms with Crippen molar-refractivity contribution in [1.29, 1.82) is 0 Å². The standard InChI is InChI=1S/C23H20ClNO/c1-16-10-12-18(13-11-16)23(26)25-15-14-17-6-2-3-7-19(17)22(25)20-8-4-5-9-21(20)24/h2-13,22H,14-15H2,1H3/t22-/m1/s1. The molecule has 4 rings (SSSR count). The van der Waals surface area contributed by atoms with E-state index in [4.69, 9.17) is 11.6 Å². The molecule has 0 aromatic heterocycles. The molecule has 0 aliphatic carbocycles. The van der Waals surface area contributed by atoms with E-state index in [1.54, 1.807) is 0 Å². The van der Waals surface area contributed by atoms with E-state index < -0.39 is 0 Å². The van der Waals surface area contributed by atoms with Crippen LogP contribution in [0.3, 0.4) is 0 Å². The smallest absolute Gasteiger partial charge is 0.254 e. The third-order valence-corrected chi connectivity index (χ3v) is 5.39. The van der Waals surface area contributed by atoms with Crippen molar-refractivity contribution in [2.24, 2.45) is 0 Å². The van der Waals surface area contributed by atoms with Crippen LogP contribution < -0.4 is 0 Å². The summed E-state index contributed by atoms with van der Waals surface area (Å²) in [6.07, 6.45) is 0.856. The molecule has 0 saturated carbocycles. The Morgan fingerprint density at radius 3 is 2.31 bits per heavy atom. The van der Waals surface area contributed by atoms with Gasteiger partial charge in [-0.25, -0.2) is 0 Å². The molecule has 3 aromatic rings. The minimum absolute atomic E-state index is 0.0458. The Bertz CT molecular complexity index is 948. The molecule has 0 unspecified atom stereocenters. The molecule has 1 atom stereocenters. The van der Waals surface area contributed by atoms with Crippen molar-refractivity contribution in [3.8, 4) is 0 Å². The lowest BCUT2D eigenvalue weighted by Crippen LogP contribution is -2.40. The van der Waals surface area contributed by atoms with Crippen LogP contribution in [-0.2, 0) is 6.42 Å². The average Bonchev–Trinajstić information content (AvgIpc) is 2.68. The molecule has 0 saturated heterocycles. The van der Waals surface area contributed by atoms with E-state index in [9.17, 15) is 4.79 Å². The van der Waals surface area contributed by atoms with Crippen LogP contribution in [0.4, 0.5) is 0 Å². The fourth-order valence-electron chi connectivity index (χ4n) is 3.68. The van der Waals surface area contributed by atoms with Crippen LogP contribution in [0.2, 0.25) is 5.02 Å². The van der Waals surface area contributed by atoms with E-state index in [2.05, 4.69) is 18.2 Å². The summed E-state index contributed by atoms with van der Waals surface area (Å²) in [4.78, 5) is 15.3. The predicted molar refractivity (Wildman–Crippen MR) is 106 cm³/mol. The minimum atomic E-state index is -0.164. The van der Waals surface area contributed by atoms with Gasteiger partial charge in [0, 0.05) is 17.1 Å². The second-order valence-electron chi connectivity index (χ2n) is 6.74. The van der Waals surface area contributed by atoms with Crippen LogP contribution in [0.1, 0.15) is 38.7 Å². The highest BCUT2D eigenvalue weighted by atomic mass is 35.5. The number of amides is 1. The Hall–Kier alpha value is -2.58. The Morgan fingerprint density at radius 2 is 1.58 bits per heavy atom. The Morgan fingerprint density at radius 1 is 0.923 bits per heavy atom. The first-order chi connectivity index (χ1) is 12.6. The summed E-state index contributed by atoms with van der Waals surface area (Å²) in [5.74, 6) is 0.0458. The van der Waals surface area contributed by atoms with E-state index >= 15 is 0 Å². The molecule has 2 nitrogen and oxygen atoms in total. The highest BCUT2D eigenvalue weighted by Gasteiger charge is 2.33. The molecule has 0 radical (unpaired) electrons. The van der Waals surface area contributed by atoms with Gasteiger partial charge in [0.2, 0.25) is 0 Å². The SMILES string of the molecule is Cc1ccc(C(=O)N2CCc3ccccc3[C@@H]2c2ccccc2Cl)cc1. The highest BCUT2D eigenvalue weighted by Crippen LogP contribution is 2.38. The molecule has 0 fully saturated rings. The third-order valence-electron chi connectivity index (χ3n) is 5.04. The van der Waals surface area contributed by atoms with Crippen molar-refractivity contribution in [1.82, 2.24) is 4.90 Å². The van der Waals surface area contributed by atoms with Gasteiger partial charge in [0.25, 0.3) is 5.91 Å². The van der Waals surface area contributed by atoms with Crippen LogP contribution in [0, 0.1) is 6.92 Å². The van der Waals surface area contributed by atoms with Crippen LogP contribution in [0.15, 0.2) is 72.8 Å². The second-order valence-corrected chi connectivity index (χ2v) is 7.14. The van der Waals surface area contributed by atoms with Crippen molar-refractivity contribution >= 4 is 17.5 Å². The molecule has 0 N–H and O–H groups in total. The summed E-state index contributed by atoms with van der Waals surface area (Å²) >= 11 is 6.52. The minimum Gasteiger partial charge on any atom is -0.327 e. The van der Waals surface area contributed by atoms with Crippen molar-refractivity contribution in [3.63, 3.8) is 0 Å². The number of carbonyl (C=O) groups excluding carboxylic acids is 1. The number of halogens is 1. The van der Waals surface area contributed by atoms with Gasteiger partial charge >= 0.3 is 0 Å². The number of hydrogen-bond donors (Lipinski definition) is 0. The van der Waals surface area contributed by atoms with Crippen LogP contribution in [-0.4, -0.2) is 17.4 Å². The fraction of sp³-hybridized carbons (Fsp3) is 0.174. The first kappa shape index (κ1) is 16.9. The maximum atomic E-state index is 13.3. The molecule has 1 aliphatic rings. The van der Waals surface area contributed by atoms with E-state index in [-0.39, 0.29) is 11.9 Å². The van der Waals surface area contributed by atoms with Crippen molar-refractivity contribution in [3.05, 3.63) is 106 Å². The van der Waals surface area contributed by atoms with Crippen molar-refractivity contribution < 1.29 is 4.79 Å². The third kappa shape index (κ3) is 3.02. The van der Waals surface area contributed by atoms with Gasteiger partial charge in [0.05, 0.1) is 6.04 Å². The number of rotatable bonds is 2.